The lowest BCUT2D eigenvalue weighted by Gasteiger charge is -2.05. The third kappa shape index (κ3) is 6.99. The van der Waals surface area contributed by atoms with Crippen molar-refractivity contribution < 1.29 is 9.59 Å². The van der Waals surface area contributed by atoms with Gasteiger partial charge in [0.1, 0.15) is 0 Å². The number of imide groups is 1. The summed E-state index contributed by atoms with van der Waals surface area (Å²) in [4.78, 5) is 21.5. The number of carbonyl (C=O) groups excluding carboxylic acids is 2. The Morgan fingerprint density at radius 3 is 2.27 bits per heavy atom. The molecule has 0 atom stereocenters. The molecule has 0 radical (unpaired) electrons. The summed E-state index contributed by atoms with van der Waals surface area (Å²) in [6.45, 7) is 4.29. The normalized spacial score (nSPS) is 7.64. The van der Waals surface area contributed by atoms with Crippen molar-refractivity contribution in [1.29, 1.82) is 0 Å². The minimum atomic E-state index is -0.243. The molecule has 4 nitrogen and oxygen atoms in total. The van der Waals surface area contributed by atoms with E-state index in [9.17, 15) is 9.59 Å². The van der Waals surface area contributed by atoms with E-state index in [0.29, 0.717) is 6.41 Å². The Balaban J connectivity index is 0. The summed E-state index contributed by atoms with van der Waals surface area (Å²) in [5.74, 6) is -0.243. The summed E-state index contributed by atoms with van der Waals surface area (Å²) >= 11 is 0. The summed E-state index contributed by atoms with van der Waals surface area (Å²) < 4.78 is 0. The van der Waals surface area contributed by atoms with Crippen LogP contribution in [0.5, 0.6) is 0 Å². The molecule has 0 saturated carbocycles. The van der Waals surface area contributed by atoms with E-state index >= 15 is 0 Å². The van der Waals surface area contributed by atoms with Gasteiger partial charge in [-0.15, -0.1) is 0 Å². The van der Waals surface area contributed by atoms with Gasteiger partial charge in [0, 0.05) is 20.0 Å². The minimum absolute atomic E-state index is 0.231. The van der Waals surface area contributed by atoms with Crippen molar-refractivity contribution in [2.75, 3.05) is 13.6 Å². The number of rotatable bonds is 3. The largest absolute Gasteiger partial charge is 0.330 e. The van der Waals surface area contributed by atoms with Crippen LogP contribution in [0.25, 0.3) is 0 Å². The molecular weight excluding hydrogens is 144 g/mol. The van der Waals surface area contributed by atoms with Crippen LogP contribution in [0.4, 0.5) is 0 Å². The van der Waals surface area contributed by atoms with Crippen LogP contribution in [0.3, 0.4) is 0 Å². The molecule has 0 spiro atoms. The molecule has 0 saturated heterocycles. The molecule has 66 valence electrons. The van der Waals surface area contributed by atoms with Gasteiger partial charge < -0.3 is 5.73 Å². The number of amides is 2. The number of nitrogens with two attached hydrogens (primary N) is 1. The van der Waals surface area contributed by atoms with Gasteiger partial charge in [-0.3, -0.25) is 14.5 Å². The quantitative estimate of drug-likeness (QED) is 0.590. The maximum absolute atomic E-state index is 10.6. The summed E-state index contributed by atoms with van der Waals surface area (Å²) in [5.41, 5.74) is 5.06. The van der Waals surface area contributed by atoms with Crippen molar-refractivity contribution in [3.8, 4) is 0 Å². The molecule has 0 aromatic carbocycles. The topological polar surface area (TPSA) is 63.4 Å². The zero-order valence-electron chi connectivity index (χ0n) is 7.33. The minimum Gasteiger partial charge on any atom is -0.330 e. The van der Waals surface area contributed by atoms with Crippen molar-refractivity contribution in [3.05, 3.63) is 0 Å². The van der Waals surface area contributed by atoms with Crippen molar-refractivity contribution in [1.82, 2.24) is 4.90 Å². The molecule has 0 unspecified atom stereocenters. The highest BCUT2D eigenvalue weighted by molar-refractivity contribution is 5.85. The van der Waals surface area contributed by atoms with E-state index in [0.717, 1.165) is 4.90 Å². The van der Waals surface area contributed by atoms with Crippen molar-refractivity contribution in [2.45, 2.75) is 20.3 Å². The summed E-state index contributed by atoms with van der Waals surface area (Å²) in [5, 5.41) is 0. The van der Waals surface area contributed by atoms with E-state index < -0.39 is 0 Å². The third-order valence-corrected chi connectivity index (χ3v) is 0.910. The van der Waals surface area contributed by atoms with Crippen LogP contribution in [0.2, 0.25) is 0 Å². The van der Waals surface area contributed by atoms with E-state index in [-0.39, 0.29) is 18.9 Å². The number of hydrogen-bond donors (Lipinski definition) is 1. The Hall–Kier alpha value is -0.900. The Morgan fingerprint density at radius 2 is 2.00 bits per heavy atom. The second-order valence-electron chi connectivity index (χ2n) is 1.65. The van der Waals surface area contributed by atoms with E-state index in [4.69, 9.17) is 5.73 Å². The van der Waals surface area contributed by atoms with Gasteiger partial charge in [-0.2, -0.15) is 0 Å². The van der Waals surface area contributed by atoms with E-state index in [2.05, 4.69) is 0 Å². The monoisotopic (exact) mass is 160 g/mol. The molecule has 0 aromatic rings. The number of carbonyl (C=O) groups is 2. The van der Waals surface area contributed by atoms with Crippen LogP contribution in [-0.4, -0.2) is 30.8 Å². The van der Waals surface area contributed by atoms with Crippen LogP contribution in [0, 0.1) is 0 Å². The molecule has 0 fully saturated rings. The average molecular weight is 160 g/mol. The lowest BCUT2D eigenvalue weighted by Crippen LogP contribution is -2.26. The van der Waals surface area contributed by atoms with Crippen molar-refractivity contribution in [3.63, 3.8) is 0 Å². The lowest BCUT2D eigenvalue weighted by atomic mass is 10.4. The average Bonchev–Trinajstić information content (AvgIpc) is 2.07. The van der Waals surface area contributed by atoms with Crippen molar-refractivity contribution >= 4 is 12.3 Å². The highest BCUT2D eigenvalue weighted by Crippen LogP contribution is 1.82. The summed E-state index contributed by atoms with van der Waals surface area (Å²) in [7, 11) is 1.41. The van der Waals surface area contributed by atoms with E-state index in [1.165, 1.54) is 7.05 Å². The molecule has 0 aliphatic heterocycles. The Labute approximate surface area is 67.4 Å². The van der Waals surface area contributed by atoms with Crippen LogP contribution in [0.15, 0.2) is 0 Å². The summed E-state index contributed by atoms with van der Waals surface area (Å²) in [6.07, 6.45) is 0.702. The standard InChI is InChI=1S/C5H10N2O2.C2H6/c1-7(4-8)5(9)2-3-6;1-2/h4H,2-3,6H2,1H3;1-2H3. The fourth-order valence-electron chi connectivity index (χ4n) is 0.359. The van der Waals surface area contributed by atoms with Gasteiger partial charge in [0.15, 0.2) is 0 Å². The molecule has 2 N–H and O–H groups in total. The molecule has 0 aromatic heterocycles. The molecule has 0 heterocycles. The second kappa shape index (κ2) is 9.10. The Morgan fingerprint density at radius 1 is 1.55 bits per heavy atom. The van der Waals surface area contributed by atoms with E-state index in [1.54, 1.807) is 0 Å². The first-order valence-electron chi connectivity index (χ1n) is 3.63. The van der Waals surface area contributed by atoms with E-state index in [1.807, 2.05) is 13.8 Å². The first-order chi connectivity index (χ1) is 5.22. The van der Waals surface area contributed by atoms with Gasteiger partial charge in [0.2, 0.25) is 12.3 Å². The van der Waals surface area contributed by atoms with Gasteiger partial charge in [-0.05, 0) is 0 Å². The van der Waals surface area contributed by atoms with Crippen LogP contribution in [-0.2, 0) is 9.59 Å². The molecule has 2 amide bonds. The maximum atomic E-state index is 10.6. The number of nitrogens with zero attached hydrogens (tertiary/aromatic N) is 1. The van der Waals surface area contributed by atoms with Gasteiger partial charge in [0.05, 0.1) is 0 Å². The van der Waals surface area contributed by atoms with Crippen LogP contribution in [0.1, 0.15) is 20.3 Å². The smallest absolute Gasteiger partial charge is 0.229 e. The summed E-state index contributed by atoms with van der Waals surface area (Å²) in [6, 6.07) is 0. The Kier molecular flexibility index (Phi) is 10.5. The maximum Gasteiger partial charge on any atom is 0.229 e. The fourth-order valence-corrected chi connectivity index (χ4v) is 0.359. The third-order valence-electron chi connectivity index (χ3n) is 0.910. The van der Waals surface area contributed by atoms with Gasteiger partial charge >= 0.3 is 0 Å². The SMILES string of the molecule is CC.CN(C=O)C(=O)CCN. The molecule has 0 rings (SSSR count). The zero-order chi connectivity index (χ0) is 9.28. The molecule has 0 aliphatic rings. The van der Waals surface area contributed by atoms with Gasteiger partial charge in [-0.25, -0.2) is 0 Å². The zero-order valence-corrected chi connectivity index (χ0v) is 7.33. The first-order valence-corrected chi connectivity index (χ1v) is 3.63. The second-order valence-corrected chi connectivity index (χ2v) is 1.65. The van der Waals surface area contributed by atoms with Crippen LogP contribution >= 0.6 is 0 Å². The lowest BCUT2D eigenvalue weighted by molar-refractivity contribution is -0.136. The van der Waals surface area contributed by atoms with Gasteiger partial charge in [0.25, 0.3) is 0 Å². The highest BCUT2D eigenvalue weighted by atomic mass is 16.2. The highest BCUT2D eigenvalue weighted by Gasteiger charge is 2.03. The number of hydrogen-bond acceptors (Lipinski definition) is 3. The Bertz CT molecular complexity index is 115. The first kappa shape index (κ1) is 12.7. The predicted molar refractivity (Wildman–Crippen MR) is 43.9 cm³/mol. The molecule has 0 aliphatic carbocycles. The molecule has 4 heteroatoms. The fraction of sp³-hybridized carbons (Fsp3) is 0.714. The van der Waals surface area contributed by atoms with Gasteiger partial charge in [-0.1, -0.05) is 13.8 Å². The van der Waals surface area contributed by atoms with Crippen LogP contribution < -0.4 is 5.73 Å². The molecule has 0 bridgehead atoms. The molecular formula is C7H16N2O2. The molecule has 11 heavy (non-hydrogen) atoms. The van der Waals surface area contributed by atoms with Crippen molar-refractivity contribution in [2.24, 2.45) is 5.73 Å². The predicted octanol–water partition coefficient (Wildman–Crippen LogP) is -0.0238.